The van der Waals surface area contributed by atoms with Crippen molar-refractivity contribution in [1.29, 1.82) is 0 Å². The van der Waals surface area contributed by atoms with Gasteiger partial charge in [-0.25, -0.2) is 8.42 Å². The van der Waals surface area contributed by atoms with Gasteiger partial charge < -0.3 is 9.64 Å². The molecule has 1 aromatic rings. The van der Waals surface area contributed by atoms with Crippen LogP contribution in [0.5, 0.6) is 0 Å². The van der Waals surface area contributed by atoms with Crippen molar-refractivity contribution in [3.63, 3.8) is 0 Å². The highest BCUT2D eigenvalue weighted by atomic mass is 32.2. The van der Waals surface area contributed by atoms with Crippen LogP contribution in [0, 0.1) is 0 Å². The first-order chi connectivity index (χ1) is 13.0. The van der Waals surface area contributed by atoms with Gasteiger partial charge in [-0.3, -0.25) is 9.69 Å². The van der Waals surface area contributed by atoms with Crippen molar-refractivity contribution in [2.24, 2.45) is 0 Å². The molecule has 2 aliphatic rings. The summed E-state index contributed by atoms with van der Waals surface area (Å²) in [5.74, 6) is -0.0386. The number of benzene rings is 1. The number of methoxy groups -OCH3 is 1. The van der Waals surface area contributed by atoms with Crippen LogP contribution in [0.1, 0.15) is 29.6 Å². The fourth-order valence-electron chi connectivity index (χ4n) is 3.60. The van der Waals surface area contributed by atoms with E-state index < -0.39 is 10.0 Å². The third-order valence-corrected chi connectivity index (χ3v) is 7.24. The zero-order valence-corrected chi connectivity index (χ0v) is 16.8. The predicted octanol–water partition coefficient (Wildman–Crippen LogP) is 1.27. The molecule has 0 spiro atoms. The minimum absolute atomic E-state index is 0.0386. The monoisotopic (exact) mass is 395 g/mol. The van der Waals surface area contributed by atoms with Crippen molar-refractivity contribution in [2.75, 3.05) is 59.5 Å². The standard InChI is InChI=1S/C19H29N3O4S/c1-26-16-15-20-11-13-21(14-12-20)19(23)17-5-7-18(8-6-17)27(24,25)22-9-3-2-4-10-22/h5-8H,2-4,9-16H2,1H3. The van der Waals surface area contributed by atoms with Crippen molar-refractivity contribution in [3.05, 3.63) is 29.8 Å². The van der Waals surface area contributed by atoms with Gasteiger partial charge >= 0.3 is 0 Å². The predicted molar refractivity (Wildman–Crippen MR) is 103 cm³/mol. The van der Waals surface area contributed by atoms with Gasteiger partial charge in [-0.1, -0.05) is 6.42 Å². The summed E-state index contributed by atoms with van der Waals surface area (Å²) in [6, 6.07) is 6.39. The van der Waals surface area contributed by atoms with Crippen molar-refractivity contribution >= 4 is 15.9 Å². The van der Waals surface area contributed by atoms with Crippen LogP contribution >= 0.6 is 0 Å². The van der Waals surface area contributed by atoms with E-state index >= 15 is 0 Å². The minimum Gasteiger partial charge on any atom is -0.383 e. The third-order valence-electron chi connectivity index (χ3n) is 5.33. The highest BCUT2D eigenvalue weighted by Crippen LogP contribution is 2.21. The Morgan fingerprint density at radius 2 is 1.59 bits per heavy atom. The number of nitrogens with zero attached hydrogens (tertiary/aromatic N) is 3. The number of piperazine rings is 1. The number of carbonyl (C=O) groups excluding carboxylic acids is 1. The van der Waals surface area contributed by atoms with Crippen LogP contribution in [0.3, 0.4) is 0 Å². The number of carbonyl (C=O) groups is 1. The maximum absolute atomic E-state index is 12.7. The smallest absolute Gasteiger partial charge is 0.253 e. The number of ether oxygens (including phenoxy) is 1. The SMILES string of the molecule is COCCN1CCN(C(=O)c2ccc(S(=O)(=O)N3CCCCC3)cc2)CC1. The molecule has 0 unspecified atom stereocenters. The number of hydrogen-bond acceptors (Lipinski definition) is 5. The van der Waals surface area contributed by atoms with E-state index in [4.69, 9.17) is 4.74 Å². The zero-order chi connectivity index (χ0) is 19.3. The van der Waals surface area contributed by atoms with E-state index in [-0.39, 0.29) is 10.8 Å². The Labute approximate surface area is 161 Å². The van der Waals surface area contributed by atoms with Crippen molar-refractivity contribution in [2.45, 2.75) is 24.2 Å². The maximum atomic E-state index is 12.7. The Kier molecular flexibility index (Phi) is 6.86. The number of hydrogen-bond donors (Lipinski definition) is 0. The lowest BCUT2D eigenvalue weighted by atomic mass is 10.2. The largest absolute Gasteiger partial charge is 0.383 e. The molecule has 1 amide bonds. The average Bonchev–Trinajstić information content (AvgIpc) is 2.73. The van der Waals surface area contributed by atoms with Crippen molar-refractivity contribution in [1.82, 2.24) is 14.1 Å². The molecule has 2 aliphatic heterocycles. The van der Waals surface area contributed by atoms with Crippen LogP contribution in [0.15, 0.2) is 29.2 Å². The second kappa shape index (κ2) is 9.14. The first-order valence-corrected chi connectivity index (χ1v) is 11.1. The Hall–Kier alpha value is -1.48. The summed E-state index contributed by atoms with van der Waals surface area (Å²) in [6.45, 7) is 5.75. The van der Waals surface area contributed by atoms with E-state index in [0.717, 1.165) is 38.9 Å². The quantitative estimate of drug-likeness (QED) is 0.725. The summed E-state index contributed by atoms with van der Waals surface area (Å²) in [7, 11) is -1.77. The fraction of sp³-hybridized carbons (Fsp3) is 0.632. The van der Waals surface area contributed by atoms with Crippen LogP contribution in [-0.4, -0.2) is 88.0 Å². The molecule has 27 heavy (non-hydrogen) atoms. The van der Waals surface area contributed by atoms with Crippen LogP contribution < -0.4 is 0 Å². The van der Waals surface area contributed by atoms with E-state index in [0.29, 0.717) is 38.3 Å². The highest BCUT2D eigenvalue weighted by molar-refractivity contribution is 7.89. The molecule has 8 heteroatoms. The van der Waals surface area contributed by atoms with Crippen LogP contribution in [0.2, 0.25) is 0 Å². The van der Waals surface area contributed by atoms with Gasteiger partial charge in [0.25, 0.3) is 5.91 Å². The second-order valence-corrected chi connectivity index (χ2v) is 9.05. The molecule has 2 saturated heterocycles. The summed E-state index contributed by atoms with van der Waals surface area (Å²) in [4.78, 5) is 17.1. The van der Waals surface area contributed by atoms with E-state index in [1.165, 1.54) is 0 Å². The lowest BCUT2D eigenvalue weighted by Crippen LogP contribution is -2.49. The average molecular weight is 396 g/mol. The van der Waals surface area contributed by atoms with Gasteiger partial charge in [0.2, 0.25) is 10.0 Å². The third kappa shape index (κ3) is 4.87. The molecule has 0 aliphatic carbocycles. The van der Waals surface area contributed by atoms with Gasteiger partial charge in [0.1, 0.15) is 0 Å². The normalized spacial score (nSPS) is 20.0. The summed E-state index contributed by atoms with van der Waals surface area (Å²) in [5.41, 5.74) is 0.540. The molecule has 2 fully saturated rings. The maximum Gasteiger partial charge on any atom is 0.253 e. The number of rotatable bonds is 6. The molecule has 3 rings (SSSR count). The summed E-state index contributed by atoms with van der Waals surface area (Å²) in [5, 5.41) is 0. The first kappa shape index (κ1) is 20.3. The molecule has 0 aromatic heterocycles. The Morgan fingerprint density at radius 3 is 2.19 bits per heavy atom. The van der Waals surface area contributed by atoms with Crippen molar-refractivity contribution < 1.29 is 17.9 Å². The molecule has 2 heterocycles. The van der Waals surface area contributed by atoms with E-state index in [2.05, 4.69) is 4.90 Å². The summed E-state index contributed by atoms with van der Waals surface area (Å²) >= 11 is 0. The van der Waals surface area contributed by atoms with Crippen LogP contribution in [0.4, 0.5) is 0 Å². The lowest BCUT2D eigenvalue weighted by Gasteiger charge is -2.34. The fourth-order valence-corrected chi connectivity index (χ4v) is 5.12. The molecule has 1 aromatic carbocycles. The van der Waals surface area contributed by atoms with Gasteiger partial charge in [-0.05, 0) is 37.1 Å². The van der Waals surface area contributed by atoms with Crippen LogP contribution in [-0.2, 0) is 14.8 Å². The molecule has 0 saturated carbocycles. The molecule has 0 atom stereocenters. The van der Waals surface area contributed by atoms with Gasteiger partial charge in [0.15, 0.2) is 0 Å². The zero-order valence-electron chi connectivity index (χ0n) is 16.0. The van der Waals surface area contributed by atoms with Gasteiger partial charge in [-0.15, -0.1) is 0 Å². The first-order valence-electron chi connectivity index (χ1n) is 9.63. The van der Waals surface area contributed by atoms with Gasteiger partial charge in [0.05, 0.1) is 11.5 Å². The molecular formula is C19H29N3O4S. The van der Waals surface area contributed by atoms with Gasteiger partial charge in [-0.2, -0.15) is 4.31 Å². The topological polar surface area (TPSA) is 70.2 Å². The second-order valence-electron chi connectivity index (χ2n) is 7.12. The summed E-state index contributed by atoms with van der Waals surface area (Å²) < 4.78 is 32.1. The molecule has 0 radical (unpaired) electrons. The molecule has 150 valence electrons. The Balaban J connectivity index is 1.61. The Morgan fingerprint density at radius 1 is 0.963 bits per heavy atom. The number of piperidine rings is 1. The lowest BCUT2D eigenvalue weighted by molar-refractivity contribution is 0.0594. The Bertz CT molecular complexity index is 722. The van der Waals surface area contributed by atoms with E-state index in [1.54, 1.807) is 35.7 Å². The minimum atomic E-state index is -3.46. The molecule has 0 bridgehead atoms. The van der Waals surface area contributed by atoms with E-state index in [9.17, 15) is 13.2 Å². The molecule has 7 nitrogen and oxygen atoms in total. The molecule has 0 N–H and O–H groups in total. The highest BCUT2D eigenvalue weighted by Gasteiger charge is 2.27. The summed E-state index contributed by atoms with van der Waals surface area (Å²) in [6.07, 6.45) is 2.90. The van der Waals surface area contributed by atoms with E-state index in [1.807, 2.05) is 4.90 Å². The van der Waals surface area contributed by atoms with Crippen LogP contribution in [0.25, 0.3) is 0 Å². The van der Waals surface area contributed by atoms with Gasteiger partial charge in [0, 0.05) is 58.5 Å². The van der Waals surface area contributed by atoms with Crippen molar-refractivity contribution in [3.8, 4) is 0 Å². The number of amides is 1. The molecular weight excluding hydrogens is 366 g/mol. The number of sulfonamides is 1.